The van der Waals surface area contributed by atoms with Gasteiger partial charge in [0.25, 0.3) is 0 Å². The fourth-order valence-corrected chi connectivity index (χ4v) is 5.12. The van der Waals surface area contributed by atoms with Crippen molar-refractivity contribution < 1.29 is 19.4 Å². The number of carboxylic acid groups (broad SMARTS) is 1. The largest absolute Gasteiger partial charge is 0.479 e. The van der Waals surface area contributed by atoms with E-state index in [1.807, 2.05) is 36.4 Å². The number of amides is 1. The predicted molar refractivity (Wildman–Crippen MR) is 104 cm³/mol. The lowest BCUT2D eigenvalue weighted by Crippen LogP contribution is -2.57. The van der Waals surface area contributed by atoms with Crippen molar-refractivity contribution in [3.8, 4) is 11.1 Å². The van der Waals surface area contributed by atoms with Gasteiger partial charge in [-0.25, -0.2) is 9.59 Å². The zero-order valence-electron chi connectivity index (χ0n) is 15.3. The zero-order chi connectivity index (χ0) is 19.3. The van der Waals surface area contributed by atoms with Crippen LogP contribution in [-0.4, -0.2) is 29.3 Å². The summed E-state index contributed by atoms with van der Waals surface area (Å²) in [7, 11) is 0. The molecule has 5 rings (SSSR count). The molecule has 3 atom stereocenters. The Morgan fingerprint density at radius 1 is 1.04 bits per heavy atom. The lowest BCUT2D eigenvalue weighted by molar-refractivity contribution is -0.145. The molecule has 0 heterocycles. The summed E-state index contributed by atoms with van der Waals surface area (Å²) in [5.41, 5.74) is 3.33. The number of rotatable bonds is 4. The minimum absolute atomic E-state index is 0.0427. The first-order chi connectivity index (χ1) is 13.6. The smallest absolute Gasteiger partial charge is 0.408 e. The van der Waals surface area contributed by atoms with E-state index in [0.29, 0.717) is 6.42 Å². The third kappa shape index (κ3) is 2.46. The highest BCUT2D eigenvalue weighted by atomic mass is 16.5. The quantitative estimate of drug-likeness (QED) is 0.794. The van der Waals surface area contributed by atoms with Gasteiger partial charge in [0.15, 0.2) is 0 Å². The molecular weight excluding hydrogens is 354 g/mol. The van der Waals surface area contributed by atoms with Crippen LogP contribution in [0.5, 0.6) is 0 Å². The highest BCUT2D eigenvalue weighted by Crippen LogP contribution is 2.47. The number of hydrogen-bond donors (Lipinski definition) is 2. The molecular formula is C23H21NO4. The van der Waals surface area contributed by atoms with Gasteiger partial charge in [-0.15, -0.1) is 0 Å². The van der Waals surface area contributed by atoms with E-state index in [0.717, 1.165) is 28.7 Å². The number of carbonyl (C=O) groups excluding carboxylic acids is 1. The van der Waals surface area contributed by atoms with Gasteiger partial charge in [0.1, 0.15) is 12.1 Å². The normalized spacial score (nSPS) is 26.7. The summed E-state index contributed by atoms with van der Waals surface area (Å²) in [4.78, 5) is 24.5. The van der Waals surface area contributed by atoms with Crippen molar-refractivity contribution >= 4 is 12.1 Å². The van der Waals surface area contributed by atoms with Crippen molar-refractivity contribution in [2.75, 3.05) is 6.61 Å². The Morgan fingerprint density at radius 2 is 1.68 bits per heavy atom. The third-order valence-electron chi connectivity index (χ3n) is 6.44. The van der Waals surface area contributed by atoms with Crippen LogP contribution in [0, 0.1) is 11.8 Å². The molecule has 3 aliphatic carbocycles. The van der Waals surface area contributed by atoms with Crippen LogP contribution in [0.3, 0.4) is 0 Å². The molecule has 2 bridgehead atoms. The van der Waals surface area contributed by atoms with E-state index < -0.39 is 17.6 Å². The number of ether oxygens (including phenoxy) is 1. The molecule has 2 aromatic rings. The van der Waals surface area contributed by atoms with E-state index in [1.165, 1.54) is 0 Å². The molecule has 0 aromatic heterocycles. The van der Waals surface area contributed by atoms with Gasteiger partial charge in [0.05, 0.1) is 0 Å². The first-order valence-corrected chi connectivity index (χ1v) is 9.63. The standard InChI is InChI=1S/C23H21NO4/c25-21(26)23(12-14-9-10-15(23)11-14)24-22(27)28-13-20-18-7-3-1-5-16(18)17-6-2-4-8-19(17)20/h1-10,14-15,20H,11-13H2,(H,24,27)(H,25,26)/t14-,15+,23?/m1/s1. The van der Waals surface area contributed by atoms with Gasteiger partial charge in [-0.2, -0.15) is 0 Å². The second kappa shape index (κ2) is 6.23. The molecule has 5 nitrogen and oxygen atoms in total. The van der Waals surface area contributed by atoms with Crippen molar-refractivity contribution in [1.29, 1.82) is 0 Å². The third-order valence-corrected chi connectivity index (χ3v) is 6.44. The second-order valence-electron chi connectivity index (χ2n) is 7.92. The topological polar surface area (TPSA) is 75.6 Å². The van der Waals surface area contributed by atoms with Crippen LogP contribution in [0.25, 0.3) is 11.1 Å². The highest BCUT2D eigenvalue weighted by molar-refractivity contribution is 5.86. The van der Waals surface area contributed by atoms with Crippen molar-refractivity contribution in [2.24, 2.45) is 11.8 Å². The van der Waals surface area contributed by atoms with Gasteiger partial charge < -0.3 is 15.2 Å². The lowest BCUT2D eigenvalue weighted by atomic mass is 9.84. The lowest BCUT2D eigenvalue weighted by Gasteiger charge is -2.31. The number of fused-ring (bicyclic) bond motifs is 5. The number of benzene rings is 2. The summed E-state index contributed by atoms with van der Waals surface area (Å²) >= 11 is 0. The number of nitrogens with one attached hydrogen (secondary N) is 1. The first kappa shape index (κ1) is 17.0. The molecule has 1 unspecified atom stereocenters. The summed E-state index contributed by atoms with van der Waals surface area (Å²) in [5.74, 6) is -0.984. The summed E-state index contributed by atoms with van der Waals surface area (Å²) in [6.45, 7) is 0.180. The Bertz CT molecular complexity index is 952. The molecule has 0 aliphatic heterocycles. The molecule has 1 saturated carbocycles. The highest BCUT2D eigenvalue weighted by Gasteiger charge is 2.55. The van der Waals surface area contributed by atoms with Gasteiger partial charge in [-0.3, -0.25) is 0 Å². The van der Waals surface area contributed by atoms with Crippen molar-refractivity contribution in [1.82, 2.24) is 5.32 Å². The van der Waals surface area contributed by atoms with Crippen molar-refractivity contribution in [3.05, 3.63) is 71.8 Å². The fourth-order valence-electron chi connectivity index (χ4n) is 5.12. The van der Waals surface area contributed by atoms with E-state index in [1.54, 1.807) is 0 Å². The number of hydrogen-bond acceptors (Lipinski definition) is 3. The molecule has 2 N–H and O–H groups in total. The van der Waals surface area contributed by atoms with Gasteiger partial charge in [-0.1, -0.05) is 60.7 Å². The van der Waals surface area contributed by atoms with Crippen LogP contribution < -0.4 is 5.32 Å². The molecule has 1 amide bonds. The van der Waals surface area contributed by atoms with Crippen LogP contribution in [0.15, 0.2) is 60.7 Å². The van der Waals surface area contributed by atoms with E-state index >= 15 is 0 Å². The van der Waals surface area contributed by atoms with Crippen molar-refractivity contribution in [2.45, 2.75) is 24.3 Å². The molecule has 2 aromatic carbocycles. The number of aliphatic carboxylic acids is 1. The summed E-state index contributed by atoms with van der Waals surface area (Å²) < 4.78 is 5.55. The van der Waals surface area contributed by atoms with Crippen LogP contribution in [0.1, 0.15) is 29.9 Å². The maximum absolute atomic E-state index is 12.5. The first-order valence-electron chi connectivity index (χ1n) is 9.63. The van der Waals surface area contributed by atoms with Gasteiger partial charge in [0.2, 0.25) is 0 Å². The summed E-state index contributed by atoms with van der Waals surface area (Å²) in [6, 6.07) is 16.2. The Balaban J connectivity index is 1.34. The summed E-state index contributed by atoms with van der Waals surface area (Å²) in [5, 5.41) is 12.5. The molecule has 1 fully saturated rings. The van der Waals surface area contributed by atoms with E-state index in [4.69, 9.17) is 4.74 Å². The van der Waals surface area contributed by atoms with Crippen LogP contribution in [0.2, 0.25) is 0 Å². The Hall–Kier alpha value is -3.08. The fraction of sp³-hybridized carbons (Fsp3) is 0.304. The molecule has 142 valence electrons. The molecule has 3 aliphatic rings. The number of alkyl carbamates (subject to hydrolysis) is 1. The monoisotopic (exact) mass is 375 g/mol. The molecule has 28 heavy (non-hydrogen) atoms. The maximum Gasteiger partial charge on any atom is 0.408 e. The minimum atomic E-state index is -1.25. The van der Waals surface area contributed by atoms with E-state index in [9.17, 15) is 14.7 Å². The molecule has 0 saturated heterocycles. The molecule has 0 spiro atoms. The zero-order valence-corrected chi connectivity index (χ0v) is 15.3. The van der Waals surface area contributed by atoms with Crippen LogP contribution in [-0.2, 0) is 9.53 Å². The maximum atomic E-state index is 12.5. The van der Waals surface area contributed by atoms with Crippen LogP contribution in [0.4, 0.5) is 4.79 Å². The number of carbonyl (C=O) groups is 2. The average molecular weight is 375 g/mol. The summed E-state index contributed by atoms with van der Waals surface area (Å²) in [6.07, 6.45) is 4.49. The van der Waals surface area contributed by atoms with Crippen LogP contribution >= 0.6 is 0 Å². The van der Waals surface area contributed by atoms with E-state index in [2.05, 4.69) is 29.6 Å². The Morgan fingerprint density at radius 3 is 2.21 bits per heavy atom. The van der Waals surface area contributed by atoms with Gasteiger partial charge >= 0.3 is 12.1 Å². The minimum Gasteiger partial charge on any atom is -0.479 e. The Kier molecular flexibility index (Phi) is 3.79. The van der Waals surface area contributed by atoms with Gasteiger partial charge in [0, 0.05) is 11.8 Å². The molecule has 0 radical (unpaired) electrons. The Labute approximate surface area is 163 Å². The SMILES string of the molecule is O=C(NC1(C(=O)O)C[C@@H]2C=C[C@H]1C2)OCC1c2ccccc2-c2ccccc21. The van der Waals surface area contributed by atoms with E-state index in [-0.39, 0.29) is 24.4 Å². The van der Waals surface area contributed by atoms with Crippen molar-refractivity contribution in [3.63, 3.8) is 0 Å². The second-order valence-corrected chi connectivity index (χ2v) is 7.92. The average Bonchev–Trinajstić information content (AvgIpc) is 3.38. The predicted octanol–water partition coefficient (Wildman–Crippen LogP) is 3.94. The molecule has 5 heteroatoms. The number of allylic oxidation sites excluding steroid dienone is 1. The van der Waals surface area contributed by atoms with Gasteiger partial charge in [-0.05, 0) is 41.0 Å². The number of carboxylic acids is 1.